The van der Waals surface area contributed by atoms with Gasteiger partial charge >= 0.3 is 5.97 Å². The fourth-order valence-electron chi connectivity index (χ4n) is 2.57. The number of furan rings is 1. The van der Waals surface area contributed by atoms with Gasteiger partial charge in [-0.25, -0.2) is 4.79 Å². The lowest BCUT2D eigenvalue weighted by Crippen LogP contribution is -2.18. The van der Waals surface area contributed by atoms with Gasteiger partial charge in [0, 0.05) is 0 Å². The van der Waals surface area contributed by atoms with Gasteiger partial charge in [-0.1, -0.05) is 12.1 Å². The Kier molecular flexibility index (Phi) is 4.38. The number of aromatic carboxylic acids is 1. The van der Waals surface area contributed by atoms with Crippen LogP contribution < -0.4 is 10.6 Å². The number of nitrogens with zero attached hydrogens (tertiary/aromatic N) is 1. The Hall–Kier alpha value is -3.92. The number of hydrogen-bond acceptors (Lipinski definition) is 6. The molecule has 0 aliphatic carbocycles. The number of para-hydroxylation sites is 1. The number of carboxylic acid groups (broad SMARTS) is 1. The second-order valence-electron chi connectivity index (χ2n) is 5.70. The highest BCUT2D eigenvalue weighted by molar-refractivity contribution is 7.20. The number of carboxylic acids is 1. The van der Waals surface area contributed by atoms with E-state index in [0.29, 0.717) is 21.5 Å². The zero-order valence-electron chi connectivity index (χ0n) is 14.1. The molecule has 4 N–H and O–H groups in total. The molecule has 0 bridgehead atoms. The molecule has 9 nitrogen and oxygen atoms in total. The van der Waals surface area contributed by atoms with Crippen molar-refractivity contribution < 1.29 is 23.9 Å². The first-order valence-electron chi connectivity index (χ1n) is 7.98. The molecule has 0 saturated heterocycles. The fourth-order valence-corrected chi connectivity index (χ4v) is 3.41. The summed E-state index contributed by atoms with van der Waals surface area (Å²) in [6.45, 7) is 0. The minimum atomic E-state index is -1.06. The predicted octanol–water partition coefficient (Wildman–Crippen LogP) is 3.42. The Morgan fingerprint density at radius 3 is 2.68 bits per heavy atom. The van der Waals surface area contributed by atoms with Crippen LogP contribution in [0.4, 0.5) is 11.5 Å². The number of thiophene rings is 1. The van der Waals surface area contributed by atoms with Crippen LogP contribution in [-0.2, 0) is 0 Å². The van der Waals surface area contributed by atoms with Gasteiger partial charge < -0.3 is 20.2 Å². The zero-order chi connectivity index (χ0) is 19.7. The molecule has 0 radical (unpaired) electrons. The van der Waals surface area contributed by atoms with E-state index in [0.717, 1.165) is 11.3 Å². The van der Waals surface area contributed by atoms with Gasteiger partial charge in [-0.3, -0.25) is 14.7 Å². The quantitative estimate of drug-likeness (QED) is 0.408. The molecule has 4 rings (SSSR count). The lowest BCUT2D eigenvalue weighted by atomic mass is 10.1. The summed E-state index contributed by atoms with van der Waals surface area (Å²) >= 11 is 1.02. The number of carbonyl (C=O) groups excluding carboxylic acids is 2. The van der Waals surface area contributed by atoms with Gasteiger partial charge in [0.25, 0.3) is 11.8 Å². The number of amides is 2. The molecule has 4 aromatic rings. The highest BCUT2D eigenvalue weighted by Gasteiger charge is 2.19. The van der Waals surface area contributed by atoms with Crippen LogP contribution in [0, 0.1) is 0 Å². The fraction of sp³-hybridized carbons (Fsp3) is 0. The first-order valence-corrected chi connectivity index (χ1v) is 8.79. The molecule has 0 aliphatic rings. The van der Waals surface area contributed by atoms with Crippen molar-refractivity contribution in [2.45, 2.75) is 0 Å². The van der Waals surface area contributed by atoms with E-state index in [-0.39, 0.29) is 16.3 Å². The Bertz CT molecular complexity index is 1190. The molecule has 1 aromatic carbocycles. The number of benzene rings is 1. The third kappa shape index (κ3) is 3.23. The van der Waals surface area contributed by atoms with Crippen LogP contribution >= 0.6 is 11.3 Å². The summed E-state index contributed by atoms with van der Waals surface area (Å²) in [5.41, 5.74) is 0.863. The Morgan fingerprint density at radius 1 is 1.11 bits per heavy atom. The number of nitrogens with one attached hydrogen (secondary N) is 3. The van der Waals surface area contributed by atoms with E-state index in [2.05, 4.69) is 20.8 Å². The maximum Gasteiger partial charge on any atom is 0.345 e. The third-order valence-corrected chi connectivity index (χ3v) is 4.93. The molecular formula is C18H12N4O5S. The lowest BCUT2D eigenvalue weighted by Gasteiger charge is -2.10. The number of H-pyrrole nitrogens is 1. The van der Waals surface area contributed by atoms with E-state index < -0.39 is 17.8 Å². The topological polar surface area (TPSA) is 137 Å². The number of carbonyl (C=O) groups is 3. The van der Waals surface area contributed by atoms with Gasteiger partial charge in [0.15, 0.2) is 5.82 Å². The van der Waals surface area contributed by atoms with Crippen molar-refractivity contribution in [1.82, 2.24) is 10.2 Å². The van der Waals surface area contributed by atoms with Gasteiger partial charge in [0.1, 0.15) is 16.0 Å². The highest BCUT2D eigenvalue weighted by atomic mass is 32.1. The molecule has 0 atom stereocenters. The van der Waals surface area contributed by atoms with Gasteiger partial charge in [-0.2, -0.15) is 5.10 Å². The van der Waals surface area contributed by atoms with Crippen molar-refractivity contribution in [1.29, 1.82) is 0 Å². The second kappa shape index (κ2) is 7.00. The van der Waals surface area contributed by atoms with Crippen LogP contribution in [0.2, 0.25) is 0 Å². The first-order chi connectivity index (χ1) is 13.5. The summed E-state index contributed by atoms with van der Waals surface area (Å²) in [4.78, 5) is 36.7. The van der Waals surface area contributed by atoms with Crippen molar-refractivity contribution in [3.05, 3.63) is 64.9 Å². The Balaban J connectivity index is 1.59. The summed E-state index contributed by atoms with van der Waals surface area (Å²) in [5.74, 6) is -1.77. The maximum atomic E-state index is 12.7. The molecule has 0 fully saturated rings. The average molecular weight is 396 g/mol. The highest BCUT2D eigenvalue weighted by Crippen LogP contribution is 2.29. The van der Waals surface area contributed by atoms with Crippen molar-refractivity contribution in [3.63, 3.8) is 0 Å². The van der Waals surface area contributed by atoms with E-state index in [1.54, 1.807) is 24.3 Å². The molecule has 2 amide bonds. The molecule has 0 spiro atoms. The third-order valence-electron chi connectivity index (χ3n) is 3.90. The number of aromatic amines is 1. The molecule has 0 aliphatic heterocycles. The molecule has 140 valence electrons. The van der Waals surface area contributed by atoms with Crippen LogP contribution in [0.1, 0.15) is 30.4 Å². The molecule has 0 saturated carbocycles. The van der Waals surface area contributed by atoms with Crippen molar-refractivity contribution in [3.8, 4) is 0 Å². The molecule has 10 heteroatoms. The minimum Gasteiger partial charge on any atom is -0.477 e. The summed E-state index contributed by atoms with van der Waals surface area (Å²) in [6, 6.07) is 9.45. The molecule has 28 heavy (non-hydrogen) atoms. The van der Waals surface area contributed by atoms with Crippen molar-refractivity contribution in [2.24, 2.45) is 0 Å². The maximum absolute atomic E-state index is 12.7. The SMILES string of the molecule is O=C(Nc1ccccc1C(=O)Nc1n[nH]c2sc(C(=O)O)cc12)c1ccoc1. The molecule has 0 unspecified atom stereocenters. The van der Waals surface area contributed by atoms with E-state index in [1.165, 1.54) is 24.7 Å². The number of hydrogen-bond donors (Lipinski definition) is 4. The Morgan fingerprint density at radius 2 is 1.93 bits per heavy atom. The van der Waals surface area contributed by atoms with Crippen molar-refractivity contribution in [2.75, 3.05) is 10.6 Å². The molecule has 3 heterocycles. The van der Waals surface area contributed by atoms with E-state index >= 15 is 0 Å². The van der Waals surface area contributed by atoms with Crippen LogP contribution in [-0.4, -0.2) is 33.1 Å². The van der Waals surface area contributed by atoms with Crippen LogP contribution in [0.3, 0.4) is 0 Å². The van der Waals surface area contributed by atoms with Crippen LogP contribution in [0.25, 0.3) is 10.2 Å². The number of fused-ring (bicyclic) bond motifs is 1. The largest absolute Gasteiger partial charge is 0.477 e. The standard InChI is InChI=1S/C18H12N4O5S/c23-15(9-5-6-27-8-9)19-12-4-2-1-3-10(12)16(24)20-14-11-7-13(18(25)26)28-17(11)22-21-14/h1-8H,(H,19,23)(H,25,26)(H2,20,21,22,24). The van der Waals surface area contributed by atoms with Gasteiger partial charge in [-0.05, 0) is 24.3 Å². The van der Waals surface area contributed by atoms with Gasteiger partial charge in [0.05, 0.1) is 28.5 Å². The summed E-state index contributed by atoms with van der Waals surface area (Å²) in [6.07, 6.45) is 2.68. The molecular weight excluding hydrogens is 384 g/mol. The minimum absolute atomic E-state index is 0.131. The van der Waals surface area contributed by atoms with E-state index in [9.17, 15) is 14.4 Å². The van der Waals surface area contributed by atoms with Gasteiger partial charge in [0.2, 0.25) is 0 Å². The summed E-state index contributed by atoms with van der Waals surface area (Å²) in [7, 11) is 0. The lowest BCUT2D eigenvalue weighted by molar-refractivity contribution is 0.0701. The average Bonchev–Trinajstić information content (AvgIpc) is 3.40. The van der Waals surface area contributed by atoms with E-state index in [1.807, 2.05) is 0 Å². The number of rotatable bonds is 5. The second-order valence-corrected chi connectivity index (χ2v) is 6.75. The molecule has 3 aromatic heterocycles. The van der Waals surface area contributed by atoms with Crippen LogP contribution in [0.15, 0.2) is 53.3 Å². The smallest absolute Gasteiger partial charge is 0.345 e. The number of aromatic nitrogens is 2. The zero-order valence-corrected chi connectivity index (χ0v) is 14.9. The van der Waals surface area contributed by atoms with Crippen LogP contribution in [0.5, 0.6) is 0 Å². The monoisotopic (exact) mass is 396 g/mol. The summed E-state index contributed by atoms with van der Waals surface area (Å²) < 4.78 is 4.89. The first kappa shape index (κ1) is 17.5. The predicted molar refractivity (Wildman–Crippen MR) is 102 cm³/mol. The van der Waals surface area contributed by atoms with Crippen molar-refractivity contribution >= 4 is 50.8 Å². The van der Waals surface area contributed by atoms with E-state index in [4.69, 9.17) is 9.52 Å². The Labute approximate surface area is 161 Å². The summed E-state index contributed by atoms with van der Waals surface area (Å²) in [5, 5.41) is 21.6. The number of anilines is 2. The normalized spacial score (nSPS) is 10.7. The van der Waals surface area contributed by atoms with Gasteiger partial charge in [-0.15, -0.1) is 11.3 Å².